The Balaban J connectivity index is 2.41. The highest BCUT2D eigenvalue weighted by molar-refractivity contribution is 5.89. The zero-order valence-electron chi connectivity index (χ0n) is 10.8. The van der Waals surface area contributed by atoms with Gasteiger partial charge in [0.1, 0.15) is 0 Å². The number of aliphatic hydroxyl groups excluding tert-OH is 2. The average molecular weight is 255 g/mol. The number of aromatic nitrogens is 2. The number of nitrogens with zero attached hydrogens (tertiary/aromatic N) is 2. The van der Waals surface area contributed by atoms with Gasteiger partial charge in [0, 0.05) is 18.7 Å². The van der Waals surface area contributed by atoms with Crippen molar-refractivity contribution in [2.24, 2.45) is 5.92 Å². The Bertz CT molecular complexity index is 376. The van der Waals surface area contributed by atoms with E-state index in [1.165, 1.54) is 4.68 Å². The van der Waals surface area contributed by atoms with E-state index in [9.17, 15) is 9.90 Å². The Morgan fingerprint density at radius 2 is 2.28 bits per heavy atom. The summed E-state index contributed by atoms with van der Waals surface area (Å²) in [6.45, 7) is 4.03. The third-order valence-corrected chi connectivity index (χ3v) is 2.47. The number of rotatable bonds is 7. The van der Waals surface area contributed by atoms with Crippen LogP contribution in [0, 0.1) is 5.92 Å². The maximum absolute atomic E-state index is 11.6. The van der Waals surface area contributed by atoms with Crippen molar-refractivity contribution in [3.8, 4) is 0 Å². The summed E-state index contributed by atoms with van der Waals surface area (Å²) in [7, 11) is 0. The Labute approximate surface area is 107 Å². The first-order valence-corrected chi connectivity index (χ1v) is 6.13. The normalized spacial score (nSPS) is 12.7. The largest absolute Gasteiger partial charge is 0.394 e. The third kappa shape index (κ3) is 5.29. The highest BCUT2D eigenvalue weighted by Gasteiger charge is 2.08. The molecule has 6 nitrogen and oxygen atoms in total. The van der Waals surface area contributed by atoms with E-state index < -0.39 is 6.10 Å². The molecule has 0 aliphatic heterocycles. The van der Waals surface area contributed by atoms with Gasteiger partial charge in [-0.25, -0.2) is 0 Å². The smallest absolute Gasteiger partial charge is 0.225 e. The van der Waals surface area contributed by atoms with Crippen molar-refractivity contribution in [1.29, 1.82) is 0 Å². The molecule has 0 bridgehead atoms. The Morgan fingerprint density at radius 3 is 2.89 bits per heavy atom. The standard InChI is InChI=1S/C12H21N3O3/c1-9(2)3-4-12(18)13-11-5-6-15(14-11)7-10(17)8-16/h5-6,9-10,16-17H,3-4,7-8H2,1-2H3,(H,13,14,18)/t10-/m1/s1. The minimum Gasteiger partial charge on any atom is -0.394 e. The number of nitrogens with one attached hydrogen (secondary N) is 1. The molecule has 0 aliphatic rings. The molecule has 3 N–H and O–H groups in total. The minimum atomic E-state index is -0.839. The van der Waals surface area contributed by atoms with Crippen LogP contribution in [0.1, 0.15) is 26.7 Å². The maximum Gasteiger partial charge on any atom is 0.225 e. The fourth-order valence-corrected chi connectivity index (χ4v) is 1.43. The Morgan fingerprint density at radius 1 is 1.56 bits per heavy atom. The first kappa shape index (κ1) is 14.7. The molecule has 6 heteroatoms. The molecule has 0 radical (unpaired) electrons. The second-order valence-corrected chi connectivity index (χ2v) is 4.74. The highest BCUT2D eigenvalue weighted by atomic mass is 16.3. The van der Waals surface area contributed by atoms with Crippen LogP contribution in [0.3, 0.4) is 0 Å². The Hall–Kier alpha value is -1.40. The number of carbonyl (C=O) groups excluding carboxylic acids is 1. The average Bonchev–Trinajstić information content (AvgIpc) is 2.73. The predicted molar refractivity (Wildman–Crippen MR) is 68.0 cm³/mol. The summed E-state index contributed by atoms with van der Waals surface area (Å²) in [5.41, 5.74) is 0. The van der Waals surface area contributed by atoms with Gasteiger partial charge < -0.3 is 15.5 Å². The molecule has 0 aromatic carbocycles. The zero-order chi connectivity index (χ0) is 13.5. The first-order chi connectivity index (χ1) is 8.51. The lowest BCUT2D eigenvalue weighted by Crippen LogP contribution is -2.20. The van der Waals surface area contributed by atoms with Gasteiger partial charge in [-0.2, -0.15) is 5.10 Å². The van der Waals surface area contributed by atoms with Crippen molar-refractivity contribution in [2.45, 2.75) is 39.3 Å². The van der Waals surface area contributed by atoms with E-state index in [4.69, 9.17) is 5.11 Å². The summed E-state index contributed by atoms with van der Waals surface area (Å²) < 4.78 is 1.49. The van der Waals surface area contributed by atoms with E-state index in [-0.39, 0.29) is 19.1 Å². The number of amides is 1. The van der Waals surface area contributed by atoms with E-state index in [1.54, 1.807) is 12.3 Å². The van der Waals surface area contributed by atoms with Crippen LogP contribution in [0.5, 0.6) is 0 Å². The molecule has 0 fully saturated rings. The van der Waals surface area contributed by atoms with Crippen molar-refractivity contribution >= 4 is 11.7 Å². The van der Waals surface area contributed by atoms with Gasteiger partial charge in [-0.1, -0.05) is 13.8 Å². The van der Waals surface area contributed by atoms with Crippen LogP contribution >= 0.6 is 0 Å². The molecule has 0 saturated heterocycles. The fourth-order valence-electron chi connectivity index (χ4n) is 1.43. The molecule has 1 atom stereocenters. The molecule has 0 spiro atoms. The van der Waals surface area contributed by atoms with Gasteiger partial charge in [0.05, 0.1) is 19.3 Å². The minimum absolute atomic E-state index is 0.0587. The highest BCUT2D eigenvalue weighted by Crippen LogP contribution is 2.07. The summed E-state index contributed by atoms with van der Waals surface area (Å²) in [5, 5.41) is 24.7. The second-order valence-electron chi connectivity index (χ2n) is 4.74. The predicted octanol–water partition coefficient (Wildman–Crippen LogP) is 0.611. The first-order valence-electron chi connectivity index (χ1n) is 6.13. The molecule has 1 amide bonds. The van der Waals surface area contributed by atoms with Crippen LogP contribution in [0.4, 0.5) is 5.82 Å². The summed E-state index contributed by atoms with van der Waals surface area (Å²) >= 11 is 0. The second kappa shape index (κ2) is 7.13. The van der Waals surface area contributed by atoms with Crippen LogP contribution in [-0.2, 0) is 11.3 Å². The summed E-state index contributed by atoms with van der Waals surface area (Å²) in [5.74, 6) is 0.901. The van der Waals surface area contributed by atoms with Crippen molar-refractivity contribution in [2.75, 3.05) is 11.9 Å². The third-order valence-electron chi connectivity index (χ3n) is 2.47. The maximum atomic E-state index is 11.6. The lowest BCUT2D eigenvalue weighted by Gasteiger charge is -2.07. The van der Waals surface area contributed by atoms with Crippen molar-refractivity contribution in [3.63, 3.8) is 0 Å². The molecule has 1 heterocycles. The van der Waals surface area contributed by atoms with Gasteiger partial charge in [0.2, 0.25) is 5.91 Å². The quantitative estimate of drug-likeness (QED) is 0.666. The van der Waals surface area contributed by atoms with E-state index >= 15 is 0 Å². The van der Waals surface area contributed by atoms with Crippen molar-refractivity contribution < 1.29 is 15.0 Å². The summed E-state index contributed by atoms with van der Waals surface area (Å²) in [6, 6.07) is 1.66. The fraction of sp³-hybridized carbons (Fsp3) is 0.667. The molecular weight excluding hydrogens is 234 g/mol. The zero-order valence-corrected chi connectivity index (χ0v) is 10.8. The van der Waals surface area contributed by atoms with Crippen molar-refractivity contribution in [1.82, 2.24) is 9.78 Å². The van der Waals surface area contributed by atoms with Gasteiger partial charge in [0.15, 0.2) is 5.82 Å². The number of carbonyl (C=O) groups is 1. The molecule has 102 valence electrons. The SMILES string of the molecule is CC(C)CCC(=O)Nc1ccn(C[C@@H](O)CO)n1. The van der Waals surface area contributed by atoms with Crippen LogP contribution in [0.15, 0.2) is 12.3 Å². The van der Waals surface area contributed by atoms with Crippen LogP contribution in [-0.4, -0.2) is 38.6 Å². The molecule has 1 aromatic heterocycles. The molecule has 1 rings (SSSR count). The van der Waals surface area contributed by atoms with Gasteiger partial charge in [-0.3, -0.25) is 9.48 Å². The van der Waals surface area contributed by atoms with Crippen molar-refractivity contribution in [3.05, 3.63) is 12.3 Å². The van der Waals surface area contributed by atoms with E-state index in [0.29, 0.717) is 18.2 Å². The summed E-state index contributed by atoms with van der Waals surface area (Å²) in [4.78, 5) is 11.6. The summed E-state index contributed by atoms with van der Waals surface area (Å²) in [6.07, 6.45) is 2.13. The lowest BCUT2D eigenvalue weighted by atomic mass is 10.1. The molecule has 18 heavy (non-hydrogen) atoms. The van der Waals surface area contributed by atoms with E-state index in [0.717, 1.165) is 6.42 Å². The number of hydrogen-bond donors (Lipinski definition) is 3. The Kier molecular flexibility index (Phi) is 5.80. The topological polar surface area (TPSA) is 87.4 Å². The van der Waals surface area contributed by atoms with Gasteiger partial charge in [-0.05, 0) is 12.3 Å². The molecular formula is C12H21N3O3. The monoisotopic (exact) mass is 255 g/mol. The number of anilines is 1. The molecule has 0 saturated carbocycles. The van der Waals surface area contributed by atoms with E-state index in [1.807, 2.05) is 0 Å². The lowest BCUT2D eigenvalue weighted by molar-refractivity contribution is -0.116. The molecule has 0 aliphatic carbocycles. The van der Waals surface area contributed by atoms with Gasteiger partial charge >= 0.3 is 0 Å². The van der Waals surface area contributed by atoms with Gasteiger partial charge in [0.25, 0.3) is 0 Å². The van der Waals surface area contributed by atoms with E-state index in [2.05, 4.69) is 24.3 Å². The van der Waals surface area contributed by atoms with Crippen LogP contribution in [0.25, 0.3) is 0 Å². The number of aliphatic hydroxyl groups is 2. The number of hydrogen-bond acceptors (Lipinski definition) is 4. The molecule has 1 aromatic rings. The van der Waals surface area contributed by atoms with Gasteiger partial charge in [-0.15, -0.1) is 0 Å². The molecule has 0 unspecified atom stereocenters. The van der Waals surface area contributed by atoms with Crippen LogP contribution in [0.2, 0.25) is 0 Å². The van der Waals surface area contributed by atoms with Crippen LogP contribution < -0.4 is 5.32 Å².